The number of ether oxygens (including phenoxy) is 1. The van der Waals surface area contributed by atoms with Crippen LogP contribution in [0.5, 0.6) is 0 Å². The van der Waals surface area contributed by atoms with Gasteiger partial charge in [-0.15, -0.1) is 0 Å². The van der Waals surface area contributed by atoms with Crippen LogP contribution in [0, 0.1) is 0 Å². The van der Waals surface area contributed by atoms with Crippen molar-refractivity contribution in [1.82, 2.24) is 9.88 Å². The Kier molecular flexibility index (Phi) is 4.31. The van der Waals surface area contributed by atoms with Crippen LogP contribution in [-0.2, 0) is 4.74 Å². The van der Waals surface area contributed by atoms with Crippen molar-refractivity contribution < 1.29 is 9.53 Å². The Morgan fingerprint density at radius 1 is 1.08 bits per heavy atom. The Bertz CT molecular complexity index is 997. The number of rotatable bonds is 2. The topological polar surface area (TPSA) is 62.4 Å². The van der Waals surface area contributed by atoms with Crippen LogP contribution < -0.4 is 5.56 Å². The molecule has 1 aliphatic rings. The summed E-state index contributed by atoms with van der Waals surface area (Å²) in [6.45, 7) is 2.93. The second kappa shape index (κ2) is 6.77. The van der Waals surface area contributed by atoms with Crippen molar-refractivity contribution in [2.24, 2.45) is 0 Å². The van der Waals surface area contributed by atoms with Gasteiger partial charge >= 0.3 is 0 Å². The van der Waals surface area contributed by atoms with E-state index in [1.165, 1.54) is 6.07 Å². The van der Waals surface area contributed by atoms with Crippen molar-refractivity contribution in [2.45, 2.75) is 19.1 Å². The molecule has 4 rings (SSSR count). The van der Waals surface area contributed by atoms with Crippen LogP contribution in [0.2, 0.25) is 0 Å². The number of carbonyl (C=O) groups excluding carboxylic acids is 1. The smallest absolute Gasteiger partial charge is 0.254 e. The van der Waals surface area contributed by atoms with Gasteiger partial charge in [0.15, 0.2) is 0 Å². The molecule has 0 bridgehead atoms. The van der Waals surface area contributed by atoms with E-state index in [2.05, 4.69) is 4.98 Å². The van der Waals surface area contributed by atoms with Gasteiger partial charge in [-0.05, 0) is 18.6 Å². The van der Waals surface area contributed by atoms with Crippen molar-refractivity contribution in [3.05, 3.63) is 82.1 Å². The Hall–Kier alpha value is -2.92. The molecule has 1 amide bonds. The van der Waals surface area contributed by atoms with Crippen molar-refractivity contribution in [3.63, 3.8) is 0 Å². The fourth-order valence-corrected chi connectivity index (χ4v) is 3.52. The number of aromatic amines is 1. The lowest BCUT2D eigenvalue weighted by Gasteiger charge is -2.37. The zero-order valence-corrected chi connectivity index (χ0v) is 14.5. The first-order valence-electron chi connectivity index (χ1n) is 8.73. The number of carbonyl (C=O) groups is 1. The van der Waals surface area contributed by atoms with Crippen molar-refractivity contribution in [2.75, 3.05) is 13.1 Å². The van der Waals surface area contributed by atoms with Gasteiger partial charge < -0.3 is 14.6 Å². The third-order valence-corrected chi connectivity index (χ3v) is 4.70. The van der Waals surface area contributed by atoms with Gasteiger partial charge in [0.2, 0.25) is 5.56 Å². The molecule has 1 aliphatic heterocycles. The normalized spacial score (nSPS) is 20.3. The molecule has 5 heteroatoms. The molecule has 0 radical (unpaired) electrons. The summed E-state index contributed by atoms with van der Waals surface area (Å²) in [6.07, 6.45) is -0.247. The Morgan fingerprint density at radius 2 is 1.81 bits per heavy atom. The Labute approximate surface area is 151 Å². The Balaban J connectivity index is 1.69. The van der Waals surface area contributed by atoms with Crippen LogP contribution in [-0.4, -0.2) is 35.0 Å². The van der Waals surface area contributed by atoms with E-state index in [4.69, 9.17) is 4.74 Å². The summed E-state index contributed by atoms with van der Waals surface area (Å²) >= 11 is 0. The average molecular weight is 348 g/mol. The highest BCUT2D eigenvalue weighted by atomic mass is 16.5. The van der Waals surface area contributed by atoms with Gasteiger partial charge in [-0.3, -0.25) is 9.59 Å². The van der Waals surface area contributed by atoms with Crippen molar-refractivity contribution in [3.8, 4) is 0 Å². The van der Waals surface area contributed by atoms with Crippen LogP contribution in [0.15, 0.2) is 65.5 Å². The lowest BCUT2D eigenvalue weighted by molar-refractivity contribution is -0.0691. The molecular formula is C21H20N2O3. The zero-order valence-electron chi connectivity index (χ0n) is 14.5. The predicted octanol–water partition coefficient (Wildman–Crippen LogP) is 3.13. The number of pyridine rings is 1. The van der Waals surface area contributed by atoms with E-state index in [-0.39, 0.29) is 23.7 Å². The first-order chi connectivity index (χ1) is 12.6. The lowest BCUT2D eigenvalue weighted by atomic mass is 10.0. The highest BCUT2D eigenvalue weighted by Crippen LogP contribution is 2.27. The van der Waals surface area contributed by atoms with Crippen molar-refractivity contribution >= 4 is 16.8 Å². The van der Waals surface area contributed by atoms with Gasteiger partial charge in [0.1, 0.15) is 6.10 Å². The first-order valence-corrected chi connectivity index (χ1v) is 8.73. The molecule has 0 saturated carbocycles. The second-order valence-corrected chi connectivity index (χ2v) is 6.65. The molecular weight excluding hydrogens is 328 g/mol. The molecule has 1 saturated heterocycles. The molecule has 5 nitrogen and oxygen atoms in total. The van der Waals surface area contributed by atoms with E-state index >= 15 is 0 Å². The maximum atomic E-state index is 13.2. The highest BCUT2D eigenvalue weighted by molar-refractivity contribution is 6.06. The summed E-state index contributed by atoms with van der Waals surface area (Å²) in [4.78, 5) is 29.8. The van der Waals surface area contributed by atoms with E-state index in [0.717, 1.165) is 10.9 Å². The molecule has 1 fully saturated rings. The number of morpholine rings is 1. The van der Waals surface area contributed by atoms with Gasteiger partial charge in [0.05, 0.1) is 18.2 Å². The lowest BCUT2D eigenvalue weighted by Crippen LogP contribution is -2.46. The van der Waals surface area contributed by atoms with Crippen LogP contribution in [0.1, 0.15) is 28.9 Å². The minimum atomic E-state index is -0.270. The van der Waals surface area contributed by atoms with E-state index < -0.39 is 0 Å². The molecule has 1 aromatic heterocycles. The summed E-state index contributed by atoms with van der Waals surface area (Å²) in [6, 6.07) is 18.7. The monoisotopic (exact) mass is 348 g/mol. The van der Waals surface area contributed by atoms with E-state index in [1.807, 2.05) is 61.5 Å². The summed E-state index contributed by atoms with van der Waals surface area (Å²) in [5.41, 5.74) is 1.88. The number of H-pyrrole nitrogens is 1. The van der Waals surface area contributed by atoms with Gasteiger partial charge in [-0.25, -0.2) is 0 Å². The SMILES string of the molecule is CC1CN(C(=O)c2cc(=O)[nH]c3ccccc23)CC(c2ccccc2)O1. The molecule has 26 heavy (non-hydrogen) atoms. The summed E-state index contributed by atoms with van der Waals surface area (Å²) in [7, 11) is 0. The standard InChI is InChI=1S/C21H20N2O3/c1-14-12-23(13-19(26-14)15-7-3-2-4-8-15)21(25)17-11-20(24)22-18-10-6-5-9-16(17)18/h2-11,14,19H,12-13H2,1H3,(H,22,24). The first kappa shape index (κ1) is 16.5. The summed E-state index contributed by atoms with van der Waals surface area (Å²) in [5, 5.41) is 0.757. The number of hydrogen-bond donors (Lipinski definition) is 1. The van der Waals surface area contributed by atoms with Crippen molar-refractivity contribution in [1.29, 1.82) is 0 Å². The maximum Gasteiger partial charge on any atom is 0.254 e. The van der Waals surface area contributed by atoms with E-state index in [9.17, 15) is 9.59 Å². The van der Waals surface area contributed by atoms with Crippen LogP contribution in [0.4, 0.5) is 0 Å². The average Bonchev–Trinajstić information content (AvgIpc) is 2.67. The largest absolute Gasteiger partial charge is 0.367 e. The highest BCUT2D eigenvalue weighted by Gasteiger charge is 2.30. The Morgan fingerprint density at radius 3 is 2.62 bits per heavy atom. The third kappa shape index (κ3) is 3.13. The van der Waals surface area contributed by atoms with Crippen LogP contribution in [0.25, 0.3) is 10.9 Å². The molecule has 0 spiro atoms. The van der Waals surface area contributed by atoms with Gasteiger partial charge in [0, 0.05) is 23.5 Å². The molecule has 2 aromatic carbocycles. The molecule has 0 aliphatic carbocycles. The van der Waals surface area contributed by atoms with Gasteiger partial charge in [-0.2, -0.15) is 0 Å². The number of benzene rings is 2. The minimum absolute atomic E-state index is 0.0776. The molecule has 2 heterocycles. The fourth-order valence-electron chi connectivity index (χ4n) is 3.52. The summed E-state index contributed by atoms with van der Waals surface area (Å²) in [5.74, 6) is -0.136. The second-order valence-electron chi connectivity index (χ2n) is 6.65. The quantitative estimate of drug-likeness (QED) is 0.774. The number of para-hydroxylation sites is 1. The number of nitrogens with one attached hydrogen (secondary N) is 1. The maximum absolute atomic E-state index is 13.2. The molecule has 1 N–H and O–H groups in total. The van der Waals surface area contributed by atoms with E-state index in [0.29, 0.717) is 24.2 Å². The zero-order chi connectivity index (χ0) is 18.1. The van der Waals surface area contributed by atoms with Gasteiger partial charge in [-0.1, -0.05) is 48.5 Å². The van der Waals surface area contributed by atoms with Gasteiger partial charge in [0.25, 0.3) is 5.91 Å². The molecule has 2 atom stereocenters. The number of nitrogens with zero attached hydrogens (tertiary/aromatic N) is 1. The van der Waals surface area contributed by atoms with E-state index in [1.54, 1.807) is 4.90 Å². The fraction of sp³-hybridized carbons (Fsp3) is 0.238. The van der Waals surface area contributed by atoms with Crippen LogP contribution in [0.3, 0.4) is 0 Å². The number of aromatic nitrogens is 1. The summed E-state index contributed by atoms with van der Waals surface area (Å²) < 4.78 is 6.04. The molecule has 2 unspecified atom stereocenters. The number of hydrogen-bond acceptors (Lipinski definition) is 3. The minimum Gasteiger partial charge on any atom is -0.367 e. The number of fused-ring (bicyclic) bond motifs is 1. The molecule has 3 aromatic rings. The number of amides is 1. The molecule has 132 valence electrons. The third-order valence-electron chi connectivity index (χ3n) is 4.70. The predicted molar refractivity (Wildman–Crippen MR) is 100 cm³/mol. The van der Waals surface area contributed by atoms with Crippen LogP contribution >= 0.6 is 0 Å².